The van der Waals surface area contributed by atoms with Gasteiger partial charge in [-0.3, -0.25) is 4.79 Å². The van der Waals surface area contributed by atoms with Crippen molar-refractivity contribution in [2.45, 2.75) is 37.8 Å². The molecule has 2 aliphatic heterocycles. The molecule has 0 radical (unpaired) electrons. The second-order valence-electron chi connectivity index (χ2n) is 5.72. The van der Waals surface area contributed by atoms with Gasteiger partial charge in [0.15, 0.2) is 0 Å². The maximum absolute atomic E-state index is 11.3. The number of nitrogens with two attached hydrogens (primary N) is 2. The first-order valence-electron chi connectivity index (χ1n) is 7.19. The lowest BCUT2D eigenvalue weighted by molar-refractivity contribution is 0.100. The van der Waals surface area contributed by atoms with Crippen LogP contribution in [0.4, 0.5) is 11.5 Å². The van der Waals surface area contributed by atoms with Crippen LogP contribution in [0.5, 0.6) is 0 Å². The van der Waals surface area contributed by atoms with Crippen LogP contribution in [0.1, 0.15) is 36.0 Å². The van der Waals surface area contributed by atoms with Gasteiger partial charge < -0.3 is 21.7 Å². The predicted molar refractivity (Wildman–Crippen MR) is 78.4 cm³/mol. The molecule has 0 aromatic carbocycles. The van der Waals surface area contributed by atoms with Gasteiger partial charge in [0.1, 0.15) is 5.82 Å². The number of hydrogen-bond acceptors (Lipinski definition) is 5. The number of fused-ring (bicyclic) bond motifs is 1. The van der Waals surface area contributed by atoms with Gasteiger partial charge in [0.2, 0.25) is 0 Å². The Balaban J connectivity index is 1.68. The number of pyridine rings is 1. The number of carbonyl (C=O) groups is 1. The Labute approximate surface area is 118 Å². The average Bonchev–Trinajstić information content (AvgIpc) is 2.88. The van der Waals surface area contributed by atoms with E-state index in [0.29, 0.717) is 29.2 Å². The van der Waals surface area contributed by atoms with Gasteiger partial charge in [0.25, 0.3) is 5.91 Å². The highest BCUT2D eigenvalue weighted by Crippen LogP contribution is 2.28. The summed E-state index contributed by atoms with van der Waals surface area (Å²) in [4.78, 5) is 18.1. The normalized spacial score (nSPS) is 26.2. The number of amides is 1. The van der Waals surface area contributed by atoms with Crippen LogP contribution in [-0.2, 0) is 0 Å². The minimum Gasteiger partial charge on any atom is -0.397 e. The monoisotopic (exact) mass is 275 g/mol. The van der Waals surface area contributed by atoms with E-state index in [1.165, 1.54) is 25.6 Å². The summed E-state index contributed by atoms with van der Waals surface area (Å²) in [5.41, 5.74) is 11.7. The molecule has 1 amide bonds. The van der Waals surface area contributed by atoms with Crippen molar-refractivity contribution < 1.29 is 4.79 Å². The van der Waals surface area contributed by atoms with Crippen molar-refractivity contribution in [3.8, 4) is 0 Å². The lowest BCUT2D eigenvalue weighted by Gasteiger charge is -2.35. The predicted octanol–water partition coefficient (Wildman–Crippen LogP) is 0.801. The molecule has 1 aromatic heterocycles. The summed E-state index contributed by atoms with van der Waals surface area (Å²) < 4.78 is 0. The zero-order valence-electron chi connectivity index (χ0n) is 11.5. The second kappa shape index (κ2) is 5.28. The highest BCUT2D eigenvalue weighted by molar-refractivity contribution is 5.98. The number of hydrogen-bond donors (Lipinski definition) is 3. The number of rotatable bonds is 3. The van der Waals surface area contributed by atoms with Crippen LogP contribution in [0.15, 0.2) is 12.3 Å². The highest BCUT2D eigenvalue weighted by atomic mass is 16.1. The van der Waals surface area contributed by atoms with Gasteiger partial charge in [-0.1, -0.05) is 0 Å². The molecular weight excluding hydrogens is 254 g/mol. The maximum atomic E-state index is 11.3. The molecule has 2 saturated heterocycles. The Hall–Kier alpha value is -1.82. The van der Waals surface area contributed by atoms with E-state index in [4.69, 9.17) is 11.5 Å². The molecule has 20 heavy (non-hydrogen) atoms. The number of primary amides is 1. The molecule has 6 nitrogen and oxygen atoms in total. The number of nitrogens with one attached hydrogen (secondary N) is 1. The van der Waals surface area contributed by atoms with Crippen LogP contribution in [0, 0.1) is 0 Å². The average molecular weight is 275 g/mol. The van der Waals surface area contributed by atoms with Crippen molar-refractivity contribution in [1.29, 1.82) is 0 Å². The number of nitrogen functional groups attached to an aromatic ring is 1. The number of piperidine rings is 1. The molecule has 6 heteroatoms. The lowest BCUT2D eigenvalue weighted by atomic mass is 9.97. The molecule has 0 aliphatic carbocycles. The van der Waals surface area contributed by atoms with Crippen LogP contribution >= 0.6 is 0 Å². The van der Waals surface area contributed by atoms with Gasteiger partial charge >= 0.3 is 0 Å². The molecule has 2 fully saturated rings. The van der Waals surface area contributed by atoms with E-state index < -0.39 is 5.91 Å². The smallest absolute Gasteiger partial charge is 0.250 e. The lowest BCUT2D eigenvalue weighted by Crippen LogP contribution is -2.42. The van der Waals surface area contributed by atoms with Crippen molar-refractivity contribution in [2.24, 2.45) is 5.73 Å². The van der Waals surface area contributed by atoms with Gasteiger partial charge in [-0.15, -0.1) is 0 Å². The maximum Gasteiger partial charge on any atom is 0.250 e. The molecule has 108 valence electrons. The number of anilines is 2. The standard InChI is InChI=1S/C14H21N5O/c15-12-8-17-13(7-11(12)14(16)20)18-9-3-5-19-4-1-2-10(19)6-9/h7-10H,1-6,15H2,(H2,16,20)(H,17,18). The zero-order chi connectivity index (χ0) is 14.1. The Kier molecular flexibility index (Phi) is 3.48. The molecular formula is C14H21N5O. The van der Waals surface area contributed by atoms with Gasteiger partial charge in [-0.25, -0.2) is 4.98 Å². The Morgan fingerprint density at radius 2 is 2.25 bits per heavy atom. The van der Waals surface area contributed by atoms with E-state index in [-0.39, 0.29) is 0 Å². The van der Waals surface area contributed by atoms with Crippen LogP contribution < -0.4 is 16.8 Å². The Morgan fingerprint density at radius 1 is 1.40 bits per heavy atom. The number of nitrogens with zero attached hydrogens (tertiary/aromatic N) is 2. The van der Waals surface area contributed by atoms with E-state index in [9.17, 15) is 4.79 Å². The van der Waals surface area contributed by atoms with Crippen molar-refractivity contribution in [1.82, 2.24) is 9.88 Å². The largest absolute Gasteiger partial charge is 0.397 e. The van der Waals surface area contributed by atoms with E-state index in [2.05, 4.69) is 15.2 Å². The van der Waals surface area contributed by atoms with Gasteiger partial charge in [0.05, 0.1) is 17.4 Å². The molecule has 3 heterocycles. The van der Waals surface area contributed by atoms with Crippen molar-refractivity contribution >= 4 is 17.4 Å². The molecule has 2 atom stereocenters. The van der Waals surface area contributed by atoms with E-state index >= 15 is 0 Å². The number of carbonyl (C=O) groups excluding carboxylic acids is 1. The van der Waals surface area contributed by atoms with Crippen LogP contribution in [0.3, 0.4) is 0 Å². The van der Waals surface area contributed by atoms with Gasteiger partial charge in [-0.05, 0) is 38.3 Å². The third kappa shape index (κ3) is 2.56. The molecule has 3 rings (SSSR count). The van der Waals surface area contributed by atoms with Crippen molar-refractivity contribution in [3.05, 3.63) is 17.8 Å². The van der Waals surface area contributed by atoms with E-state index in [0.717, 1.165) is 19.4 Å². The third-order valence-corrected chi connectivity index (χ3v) is 4.37. The van der Waals surface area contributed by atoms with Crippen LogP contribution in [0.2, 0.25) is 0 Å². The quantitative estimate of drug-likeness (QED) is 0.758. The van der Waals surface area contributed by atoms with E-state index in [1.807, 2.05) is 0 Å². The fourth-order valence-corrected chi connectivity index (χ4v) is 3.32. The topological polar surface area (TPSA) is 97.3 Å². The van der Waals surface area contributed by atoms with Crippen molar-refractivity contribution in [2.75, 3.05) is 24.1 Å². The second-order valence-corrected chi connectivity index (χ2v) is 5.72. The molecule has 0 saturated carbocycles. The third-order valence-electron chi connectivity index (χ3n) is 4.37. The molecule has 2 unspecified atom stereocenters. The van der Waals surface area contributed by atoms with Crippen LogP contribution in [-0.4, -0.2) is 41.0 Å². The van der Waals surface area contributed by atoms with Crippen LogP contribution in [0.25, 0.3) is 0 Å². The fourth-order valence-electron chi connectivity index (χ4n) is 3.32. The Morgan fingerprint density at radius 3 is 3.05 bits per heavy atom. The molecule has 1 aromatic rings. The first kappa shape index (κ1) is 13.2. The zero-order valence-corrected chi connectivity index (χ0v) is 11.5. The fraction of sp³-hybridized carbons (Fsp3) is 0.571. The summed E-state index contributed by atoms with van der Waals surface area (Å²) in [6.45, 7) is 2.38. The van der Waals surface area contributed by atoms with Crippen molar-refractivity contribution in [3.63, 3.8) is 0 Å². The molecule has 0 spiro atoms. The summed E-state index contributed by atoms with van der Waals surface area (Å²) in [5.74, 6) is 0.169. The first-order chi connectivity index (χ1) is 9.63. The summed E-state index contributed by atoms with van der Waals surface area (Å²) in [5, 5.41) is 3.41. The minimum atomic E-state index is -0.515. The first-order valence-corrected chi connectivity index (χ1v) is 7.19. The summed E-state index contributed by atoms with van der Waals surface area (Å²) in [7, 11) is 0. The molecule has 0 bridgehead atoms. The summed E-state index contributed by atoms with van der Waals surface area (Å²) >= 11 is 0. The van der Waals surface area contributed by atoms with E-state index in [1.54, 1.807) is 6.07 Å². The highest BCUT2D eigenvalue weighted by Gasteiger charge is 2.31. The summed E-state index contributed by atoms with van der Waals surface area (Å²) in [6.07, 6.45) is 6.34. The SMILES string of the molecule is NC(=O)c1cc(NC2CCN3CCCC3C2)ncc1N. The number of aromatic nitrogens is 1. The summed E-state index contributed by atoms with van der Waals surface area (Å²) in [6, 6.07) is 2.76. The van der Waals surface area contributed by atoms with Gasteiger partial charge in [-0.2, -0.15) is 0 Å². The Bertz CT molecular complexity index is 518. The minimum absolute atomic E-state index is 0.327. The van der Waals surface area contributed by atoms with Gasteiger partial charge in [0, 0.05) is 18.6 Å². The molecule has 5 N–H and O–H groups in total. The molecule has 2 aliphatic rings.